The van der Waals surface area contributed by atoms with Gasteiger partial charge in [0.2, 0.25) is 0 Å². The van der Waals surface area contributed by atoms with Crippen molar-refractivity contribution in [3.63, 3.8) is 0 Å². The van der Waals surface area contributed by atoms with Crippen molar-refractivity contribution in [3.8, 4) is 16.9 Å². The third kappa shape index (κ3) is 3.03. The summed E-state index contributed by atoms with van der Waals surface area (Å²) in [5.41, 5.74) is 4.65. The van der Waals surface area contributed by atoms with Crippen molar-refractivity contribution in [2.24, 2.45) is 5.92 Å². The Bertz CT molecular complexity index is 1120. The SMILES string of the molecule is O=C1CC2(CCNCC2)Oc2cc(-c3c[nH]c4nc(CC5CCC5)ccc34)ccc21. The molecule has 4 heterocycles. The summed E-state index contributed by atoms with van der Waals surface area (Å²) in [7, 11) is 0. The number of ketones is 1. The molecule has 2 fully saturated rings. The topological polar surface area (TPSA) is 67.0 Å². The molecular formula is C25H27N3O2. The van der Waals surface area contributed by atoms with Gasteiger partial charge in [0.05, 0.1) is 12.0 Å². The van der Waals surface area contributed by atoms with Gasteiger partial charge in [0, 0.05) is 35.7 Å². The van der Waals surface area contributed by atoms with Crippen LogP contribution in [-0.4, -0.2) is 34.4 Å². The molecule has 2 aromatic heterocycles. The number of Topliss-reactive ketones (excluding diaryl/α,β-unsaturated/α-hetero) is 1. The number of nitrogens with zero attached hydrogens (tertiary/aromatic N) is 1. The van der Waals surface area contributed by atoms with Crippen LogP contribution in [0.15, 0.2) is 36.5 Å². The van der Waals surface area contributed by atoms with Gasteiger partial charge in [-0.3, -0.25) is 4.79 Å². The summed E-state index contributed by atoms with van der Waals surface area (Å²) in [4.78, 5) is 21.0. The Labute approximate surface area is 176 Å². The van der Waals surface area contributed by atoms with Gasteiger partial charge in [0.15, 0.2) is 5.78 Å². The number of pyridine rings is 1. The van der Waals surface area contributed by atoms with Crippen LogP contribution in [0, 0.1) is 5.92 Å². The molecule has 0 radical (unpaired) electrons. The number of benzene rings is 1. The quantitative estimate of drug-likeness (QED) is 0.670. The summed E-state index contributed by atoms with van der Waals surface area (Å²) in [6, 6.07) is 10.4. The molecule has 0 bridgehead atoms. The predicted molar refractivity (Wildman–Crippen MR) is 117 cm³/mol. The van der Waals surface area contributed by atoms with E-state index < -0.39 is 0 Å². The maximum absolute atomic E-state index is 12.8. The summed E-state index contributed by atoms with van der Waals surface area (Å²) >= 11 is 0. The van der Waals surface area contributed by atoms with Gasteiger partial charge in [-0.1, -0.05) is 25.3 Å². The monoisotopic (exact) mass is 401 g/mol. The molecule has 2 aliphatic heterocycles. The lowest BCUT2D eigenvalue weighted by Crippen LogP contribution is -2.49. The number of ether oxygens (including phenoxy) is 1. The van der Waals surface area contributed by atoms with Crippen LogP contribution < -0.4 is 10.1 Å². The lowest BCUT2D eigenvalue weighted by atomic mass is 9.82. The molecule has 1 saturated heterocycles. The van der Waals surface area contributed by atoms with Gasteiger partial charge in [-0.15, -0.1) is 0 Å². The van der Waals surface area contributed by atoms with E-state index in [1.54, 1.807) is 0 Å². The smallest absolute Gasteiger partial charge is 0.170 e. The average molecular weight is 402 g/mol. The van der Waals surface area contributed by atoms with Crippen molar-refractivity contribution in [2.45, 2.75) is 50.5 Å². The van der Waals surface area contributed by atoms with Gasteiger partial charge in [0.25, 0.3) is 0 Å². The molecule has 2 N–H and O–H groups in total. The Kier molecular flexibility index (Phi) is 4.20. The Balaban J connectivity index is 1.34. The van der Waals surface area contributed by atoms with Gasteiger partial charge in [0.1, 0.15) is 17.0 Å². The molecule has 1 saturated carbocycles. The number of carbonyl (C=O) groups excluding carboxylic acids is 1. The van der Waals surface area contributed by atoms with E-state index in [9.17, 15) is 4.79 Å². The summed E-state index contributed by atoms with van der Waals surface area (Å²) < 4.78 is 6.48. The van der Waals surface area contributed by atoms with E-state index >= 15 is 0 Å². The highest BCUT2D eigenvalue weighted by molar-refractivity contribution is 6.02. The van der Waals surface area contributed by atoms with Crippen LogP contribution in [0.2, 0.25) is 0 Å². The van der Waals surface area contributed by atoms with Crippen molar-refractivity contribution in [1.82, 2.24) is 15.3 Å². The minimum Gasteiger partial charge on any atom is -0.486 e. The van der Waals surface area contributed by atoms with Crippen LogP contribution in [0.5, 0.6) is 5.75 Å². The number of carbonyl (C=O) groups is 1. The molecule has 5 heteroatoms. The van der Waals surface area contributed by atoms with Crippen molar-refractivity contribution >= 4 is 16.8 Å². The molecule has 0 atom stereocenters. The van der Waals surface area contributed by atoms with Gasteiger partial charge in [-0.25, -0.2) is 4.98 Å². The van der Waals surface area contributed by atoms with Gasteiger partial charge in [-0.2, -0.15) is 0 Å². The van der Waals surface area contributed by atoms with Crippen molar-refractivity contribution in [3.05, 3.63) is 47.8 Å². The van der Waals surface area contributed by atoms with Gasteiger partial charge >= 0.3 is 0 Å². The fourth-order valence-electron chi connectivity index (χ4n) is 5.21. The number of rotatable bonds is 3. The number of hydrogen-bond acceptors (Lipinski definition) is 4. The van der Waals surface area contributed by atoms with E-state index in [1.165, 1.54) is 25.0 Å². The maximum Gasteiger partial charge on any atom is 0.170 e. The van der Waals surface area contributed by atoms with Crippen LogP contribution in [0.25, 0.3) is 22.2 Å². The Morgan fingerprint density at radius 1 is 1.10 bits per heavy atom. The van der Waals surface area contributed by atoms with E-state index in [-0.39, 0.29) is 11.4 Å². The highest BCUT2D eigenvalue weighted by Gasteiger charge is 2.41. The average Bonchev–Trinajstić information content (AvgIpc) is 3.14. The van der Waals surface area contributed by atoms with Crippen molar-refractivity contribution in [2.75, 3.05) is 13.1 Å². The second-order valence-corrected chi connectivity index (χ2v) is 9.25. The van der Waals surface area contributed by atoms with Crippen LogP contribution in [-0.2, 0) is 6.42 Å². The fraction of sp³-hybridized carbons (Fsp3) is 0.440. The lowest BCUT2D eigenvalue weighted by Gasteiger charge is -2.41. The van der Waals surface area contributed by atoms with E-state index in [4.69, 9.17) is 9.72 Å². The fourth-order valence-corrected chi connectivity index (χ4v) is 5.21. The number of hydrogen-bond donors (Lipinski definition) is 2. The molecule has 3 aromatic rings. The Hall–Kier alpha value is -2.66. The number of aromatic amines is 1. The lowest BCUT2D eigenvalue weighted by molar-refractivity contribution is 0.0188. The van der Waals surface area contributed by atoms with Crippen molar-refractivity contribution < 1.29 is 9.53 Å². The number of nitrogens with one attached hydrogen (secondary N) is 2. The Morgan fingerprint density at radius 2 is 1.97 bits per heavy atom. The molecule has 5 nitrogen and oxygen atoms in total. The van der Waals surface area contributed by atoms with Crippen LogP contribution in [0.3, 0.4) is 0 Å². The first kappa shape index (κ1) is 18.1. The number of H-pyrrole nitrogens is 1. The predicted octanol–water partition coefficient (Wildman–Crippen LogP) is 4.66. The van der Waals surface area contributed by atoms with E-state index in [0.717, 1.165) is 66.2 Å². The second kappa shape index (κ2) is 6.95. The minimum atomic E-state index is -0.341. The van der Waals surface area contributed by atoms with Crippen LogP contribution in [0.4, 0.5) is 0 Å². The molecule has 6 rings (SSSR count). The first-order valence-electron chi connectivity index (χ1n) is 11.2. The van der Waals surface area contributed by atoms with Crippen LogP contribution >= 0.6 is 0 Å². The summed E-state index contributed by atoms with van der Waals surface area (Å²) in [5.74, 6) is 1.74. The highest BCUT2D eigenvalue weighted by Crippen LogP contribution is 2.41. The normalized spacial score (nSPS) is 20.7. The van der Waals surface area contributed by atoms with Crippen molar-refractivity contribution in [1.29, 1.82) is 0 Å². The first-order chi connectivity index (χ1) is 14.7. The molecule has 1 aromatic carbocycles. The molecular weight excluding hydrogens is 374 g/mol. The molecule has 0 amide bonds. The zero-order valence-corrected chi connectivity index (χ0v) is 17.2. The number of aromatic nitrogens is 2. The van der Waals surface area contributed by atoms with Crippen LogP contribution in [0.1, 0.15) is 54.6 Å². The zero-order valence-electron chi connectivity index (χ0n) is 17.2. The standard InChI is InChI=1S/C25H27N3O2/c29-22-14-25(8-10-26-11-9-25)30-23-13-17(4-6-20(22)23)21-15-27-24-19(21)7-5-18(28-24)12-16-2-1-3-16/h4-7,13,15-16,26H,1-3,8-12,14H2,(H,27,28). The Morgan fingerprint density at radius 3 is 2.77 bits per heavy atom. The first-order valence-corrected chi connectivity index (χ1v) is 11.2. The largest absolute Gasteiger partial charge is 0.486 e. The molecule has 1 spiro atoms. The summed E-state index contributed by atoms with van der Waals surface area (Å²) in [5, 5.41) is 4.49. The summed E-state index contributed by atoms with van der Waals surface area (Å²) in [6.45, 7) is 1.80. The molecule has 154 valence electrons. The maximum atomic E-state index is 12.8. The molecule has 1 aliphatic carbocycles. The van der Waals surface area contributed by atoms with Gasteiger partial charge < -0.3 is 15.0 Å². The number of fused-ring (bicyclic) bond motifs is 2. The molecule has 0 unspecified atom stereocenters. The number of piperidine rings is 1. The van der Waals surface area contributed by atoms with E-state index in [0.29, 0.717) is 12.0 Å². The van der Waals surface area contributed by atoms with E-state index in [1.807, 2.05) is 24.4 Å². The molecule has 30 heavy (non-hydrogen) atoms. The summed E-state index contributed by atoms with van der Waals surface area (Å²) in [6.07, 6.45) is 9.38. The third-order valence-electron chi connectivity index (χ3n) is 7.24. The third-order valence-corrected chi connectivity index (χ3v) is 7.24. The van der Waals surface area contributed by atoms with E-state index in [2.05, 4.69) is 22.4 Å². The second-order valence-electron chi connectivity index (χ2n) is 9.25. The highest BCUT2D eigenvalue weighted by atomic mass is 16.5. The zero-order chi connectivity index (χ0) is 20.1. The minimum absolute atomic E-state index is 0.200. The van der Waals surface area contributed by atoms with Gasteiger partial charge in [-0.05, 0) is 55.3 Å². The molecule has 3 aliphatic rings.